The predicted molar refractivity (Wildman–Crippen MR) is 85.4 cm³/mol. The highest BCUT2D eigenvalue weighted by Gasteiger charge is 2.28. The number of anilines is 1. The van der Waals surface area contributed by atoms with E-state index < -0.39 is 0 Å². The third kappa shape index (κ3) is 2.34. The number of nitrogens with zero attached hydrogens (tertiary/aromatic N) is 4. The lowest BCUT2D eigenvalue weighted by Crippen LogP contribution is -2.55. The van der Waals surface area contributed by atoms with E-state index in [9.17, 15) is 5.26 Å². The smallest absolute Gasteiger partial charge is 0.103 e. The van der Waals surface area contributed by atoms with Crippen molar-refractivity contribution in [2.45, 2.75) is 25.9 Å². The van der Waals surface area contributed by atoms with Gasteiger partial charge in [-0.1, -0.05) is 18.2 Å². The molecular formula is C17H20N4. The third-order valence-electron chi connectivity index (χ3n) is 4.54. The molecule has 2 unspecified atom stereocenters. The molecule has 0 bridgehead atoms. The molecule has 0 spiro atoms. The lowest BCUT2D eigenvalue weighted by molar-refractivity contribution is 0.170. The molecule has 0 amide bonds. The maximum Gasteiger partial charge on any atom is 0.103 e. The first kappa shape index (κ1) is 13.8. The van der Waals surface area contributed by atoms with Crippen molar-refractivity contribution < 1.29 is 0 Å². The second kappa shape index (κ2) is 5.34. The van der Waals surface area contributed by atoms with E-state index in [4.69, 9.17) is 0 Å². The first-order valence-corrected chi connectivity index (χ1v) is 7.36. The number of aromatic nitrogens is 1. The van der Waals surface area contributed by atoms with Gasteiger partial charge in [-0.3, -0.25) is 9.88 Å². The van der Waals surface area contributed by atoms with Crippen LogP contribution < -0.4 is 4.90 Å². The van der Waals surface area contributed by atoms with Gasteiger partial charge in [-0.2, -0.15) is 5.26 Å². The average Bonchev–Trinajstić information content (AvgIpc) is 2.51. The summed E-state index contributed by atoms with van der Waals surface area (Å²) in [6.45, 7) is 6.34. The zero-order valence-corrected chi connectivity index (χ0v) is 12.7. The second-order valence-electron chi connectivity index (χ2n) is 5.92. The minimum Gasteiger partial charge on any atom is -0.367 e. The van der Waals surface area contributed by atoms with Crippen molar-refractivity contribution in [1.82, 2.24) is 9.88 Å². The summed E-state index contributed by atoms with van der Waals surface area (Å²) < 4.78 is 0. The summed E-state index contributed by atoms with van der Waals surface area (Å²) >= 11 is 0. The van der Waals surface area contributed by atoms with Crippen molar-refractivity contribution in [3.05, 3.63) is 36.0 Å². The zero-order chi connectivity index (χ0) is 15.0. The van der Waals surface area contributed by atoms with Crippen LogP contribution in [-0.2, 0) is 0 Å². The monoisotopic (exact) mass is 280 g/mol. The number of hydrogen-bond acceptors (Lipinski definition) is 4. The Kier molecular flexibility index (Phi) is 3.52. The summed E-state index contributed by atoms with van der Waals surface area (Å²) in [4.78, 5) is 9.14. The van der Waals surface area contributed by atoms with E-state index in [2.05, 4.69) is 47.8 Å². The Morgan fingerprint density at radius 1 is 1.19 bits per heavy atom. The van der Waals surface area contributed by atoms with Crippen LogP contribution in [0.4, 0.5) is 5.69 Å². The van der Waals surface area contributed by atoms with Gasteiger partial charge in [0.25, 0.3) is 0 Å². The second-order valence-corrected chi connectivity index (χ2v) is 5.92. The van der Waals surface area contributed by atoms with E-state index in [1.54, 1.807) is 6.20 Å². The van der Waals surface area contributed by atoms with Gasteiger partial charge < -0.3 is 4.90 Å². The number of piperazine rings is 1. The summed E-state index contributed by atoms with van der Waals surface area (Å²) in [5.74, 6) is 0. The molecule has 108 valence electrons. The first-order valence-electron chi connectivity index (χ1n) is 7.36. The van der Waals surface area contributed by atoms with E-state index >= 15 is 0 Å². The Balaban J connectivity index is 2.13. The van der Waals surface area contributed by atoms with Crippen LogP contribution in [-0.4, -0.2) is 42.1 Å². The van der Waals surface area contributed by atoms with E-state index in [-0.39, 0.29) is 0 Å². The molecule has 1 aliphatic heterocycles. The molecule has 0 saturated carbocycles. The zero-order valence-electron chi connectivity index (χ0n) is 12.7. The third-order valence-corrected chi connectivity index (χ3v) is 4.54. The number of pyridine rings is 1. The molecule has 4 nitrogen and oxygen atoms in total. The highest BCUT2D eigenvalue weighted by Crippen LogP contribution is 2.31. The van der Waals surface area contributed by atoms with Crippen LogP contribution in [0.25, 0.3) is 10.9 Å². The minimum atomic E-state index is 0.465. The van der Waals surface area contributed by atoms with Crippen molar-refractivity contribution in [1.29, 1.82) is 5.26 Å². The lowest BCUT2D eigenvalue weighted by atomic mass is 10.0. The van der Waals surface area contributed by atoms with Crippen LogP contribution in [0.1, 0.15) is 19.4 Å². The van der Waals surface area contributed by atoms with Crippen LogP contribution in [0.15, 0.2) is 30.5 Å². The van der Waals surface area contributed by atoms with Crippen molar-refractivity contribution in [3.63, 3.8) is 0 Å². The molecule has 2 heterocycles. The molecule has 0 N–H and O–H groups in total. The van der Waals surface area contributed by atoms with Gasteiger partial charge in [0.2, 0.25) is 0 Å². The van der Waals surface area contributed by atoms with Gasteiger partial charge in [0.1, 0.15) is 6.07 Å². The first-order chi connectivity index (χ1) is 10.1. The number of para-hydroxylation sites is 1. The van der Waals surface area contributed by atoms with E-state index in [0.717, 1.165) is 29.7 Å². The maximum absolute atomic E-state index is 9.47. The number of fused-ring (bicyclic) bond motifs is 1. The molecule has 1 fully saturated rings. The van der Waals surface area contributed by atoms with Crippen molar-refractivity contribution >= 4 is 16.6 Å². The molecule has 2 aromatic rings. The Labute approximate surface area is 125 Å². The molecular weight excluding hydrogens is 260 g/mol. The van der Waals surface area contributed by atoms with E-state index in [1.165, 1.54) is 0 Å². The van der Waals surface area contributed by atoms with E-state index in [1.807, 2.05) is 18.2 Å². The topological polar surface area (TPSA) is 43.2 Å². The molecule has 1 aromatic heterocycles. The number of nitriles is 1. The number of likely N-dealkylation sites (N-methyl/N-ethyl adjacent to an activating group) is 1. The van der Waals surface area contributed by atoms with Crippen LogP contribution >= 0.6 is 0 Å². The number of hydrogen-bond donors (Lipinski definition) is 0. The molecule has 1 aliphatic rings. The van der Waals surface area contributed by atoms with Crippen LogP contribution in [0.2, 0.25) is 0 Å². The molecule has 3 rings (SSSR count). The van der Waals surface area contributed by atoms with Gasteiger partial charge in [-0.25, -0.2) is 0 Å². The number of benzene rings is 1. The molecule has 0 radical (unpaired) electrons. The maximum atomic E-state index is 9.47. The van der Waals surface area contributed by atoms with Crippen LogP contribution in [0.3, 0.4) is 0 Å². The predicted octanol–water partition coefficient (Wildman–Crippen LogP) is 2.64. The summed E-state index contributed by atoms with van der Waals surface area (Å²) in [5.41, 5.74) is 2.65. The summed E-state index contributed by atoms with van der Waals surface area (Å²) in [5, 5.41) is 10.5. The number of rotatable bonds is 1. The molecule has 1 aromatic carbocycles. The van der Waals surface area contributed by atoms with E-state index in [0.29, 0.717) is 17.6 Å². The molecule has 21 heavy (non-hydrogen) atoms. The highest BCUT2D eigenvalue weighted by atomic mass is 15.3. The van der Waals surface area contributed by atoms with Gasteiger partial charge in [-0.15, -0.1) is 0 Å². The largest absolute Gasteiger partial charge is 0.367 e. The van der Waals surface area contributed by atoms with Crippen molar-refractivity contribution in [2.75, 3.05) is 25.0 Å². The Morgan fingerprint density at radius 3 is 2.52 bits per heavy atom. The standard InChI is InChI=1S/C17H20N4/c1-12-10-21(11-13(2)20(12)3)17-14(8-18)9-19-16-7-5-4-6-15(16)17/h4-7,9,12-13H,10-11H2,1-3H3. The molecule has 2 atom stereocenters. The Morgan fingerprint density at radius 2 is 1.86 bits per heavy atom. The van der Waals surface area contributed by atoms with Gasteiger partial charge in [0.05, 0.1) is 16.8 Å². The molecule has 4 heteroatoms. The van der Waals surface area contributed by atoms with Crippen molar-refractivity contribution in [3.8, 4) is 6.07 Å². The van der Waals surface area contributed by atoms with Gasteiger partial charge >= 0.3 is 0 Å². The quantitative estimate of drug-likeness (QED) is 0.805. The minimum absolute atomic E-state index is 0.465. The van der Waals surface area contributed by atoms with Gasteiger partial charge in [0, 0.05) is 36.8 Å². The lowest BCUT2D eigenvalue weighted by Gasteiger charge is -2.44. The van der Waals surface area contributed by atoms with Gasteiger partial charge in [-0.05, 0) is 27.0 Å². The fraction of sp³-hybridized carbons (Fsp3) is 0.412. The fourth-order valence-electron chi connectivity index (χ4n) is 3.14. The van der Waals surface area contributed by atoms with Crippen molar-refractivity contribution in [2.24, 2.45) is 0 Å². The highest BCUT2D eigenvalue weighted by molar-refractivity contribution is 5.94. The molecule has 0 aliphatic carbocycles. The van der Waals surface area contributed by atoms with Crippen LogP contribution in [0, 0.1) is 11.3 Å². The Bertz CT molecular complexity index is 691. The summed E-state index contributed by atoms with van der Waals surface area (Å²) in [7, 11) is 2.17. The Hall–Kier alpha value is -2.12. The molecule has 1 saturated heterocycles. The summed E-state index contributed by atoms with van der Waals surface area (Å²) in [6, 6.07) is 11.3. The SMILES string of the molecule is CC1CN(c2c(C#N)cnc3ccccc23)CC(C)N1C. The fourth-order valence-corrected chi connectivity index (χ4v) is 3.14. The van der Waals surface area contributed by atoms with Gasteiger partial charge in [0.15, 0.2) is 0 Å². The van der Waals surface area contributed by atoms with Crippen LogP contribution in [0.5, 0.6) is 0 Å². The average molecular weight is 280 g/mol. The summed E-state index contributed by atoms with van der Waals surface area (Å²) in [6.07, 6.45) is 1.70. The normalized spacial score (nSPS) is 23.2.